The van der Waals surface area contributed by atoms with E-state index in [1.807, 2.05) is 6.07 Å². The molecule has 0 saturated carbocycles. The number of halogens is 3. The molecule has 0 bridgehead atoms. The maximum atomic E-state index is 13.9. The van der Waals surface area contributed by atoms with Crippen molar-refractivity contribution in [1.82, 2.24) is 9.78 Å². The van der Waals surface area contributed by atoms with Crippen LogP contribution in [-0.4, -0.2) is 15.6 Å². The van der Waals surface area contributed by atoms with Crippen LogP contribution in [0.25, 0.3) is 10.8 Å². The topological polar surface area (TPSA) is 93.9 Å². The highest BCUT2D eigenvalue weighted by atomic mass is 19.4. The lowest BCUT2D eigenvalue weighted by atomic mass is 9.67. The molecule has 1 aliphatic heterocycles. The number of carbonyl (C=O) groups excluding carboxylic acids is 1. The van der Waals surface area contributed by atoms with Crippen LogP contribution in [0.5, 0.6) is 5.88 Å². The van der Waals surface area contributed by atoms with Gasteiger partial charge >= 0.3 is 6.18 Å². The fourth-order valence-corrected chi connectivity index (χ4v) is 4.43. The van der Waals surface area contributed by atoms with E-state index in [1.54, 1.807) is 30.3 Å². The summed E-state index contributed by atoms with van der Waals surface area (Å²) in [6.07, 6.45) is -4.88. The normalized spacial score (nSPS) is 20.2. The highest BCUT2D eigenvalue weighted by molar-refractivity contribution is 6.24. The van der Waals surface area contributed by atoms with E-state index in [-0.39, 0.29) is 22.6 Å². The molecule has 2 aromatic carbocycles. The van der Waals surface area contributed by atoms with Crippen LogP contribution in [0, 0.1) is 11.3 Å². The number of ketones is 1. The molecule has 6 nitrogen and oxygen atoms in total. The first-order valence-corrected chi connectivity index (χ1v) is 8.52. The summed E-state index contributed by atoms with van der Waals surface area (Å²) < 4.78 is 48.0. The first-order valence-electron chi connectivity index (χ1n) is 8.52. The van der Waals surface area contributed by atoms with Crippen molar-refractivity contribution in [2.75, 3.05) is 0 Å². The number of aromatic nitrogens is 2. The molecular formula is C20H11F3N4O2. The number of hydrogen-bond donors (Lipinski definition) is 1. The van der Waals surface area contributed by atoms with Crippen LogP contribution >= 0.6 is 0 Å². The molecule has 2 heterocycles. The number of hydrogen-bond acceptors (Lipinski definition) is 5. The summed E-state index contributed by atoms with van der Waals surface area (Å²) in [5.74, 6) is -1.39. The zero-order valence-corrected chi connectivity index (χ0v) is 14.8. The van der Waals surface area contributed by atoms with Crippen LogP contribution in [0.3, 0.4) is 0 Å². The van der Waals surface area contributed by atoms with Crippen LogP contribution in [0.2, 0.25) is 0 Å². The number of nitrogens with zero attached hydrogens (tertiary/aromatic N) is 3. The number of Topliss-reactive ketones (excluding diaryl/α,β-unsaturated/α-hetero) is 1. The van der Waals surface area contributed by atoms with E-state index >= 15 is 0 Å². The first-order chi connectivity index (χ1) is 13.7. The number of rotatable bonds is 0. The number of fused-ring (bicyclic) bond motifs is 3. The molecule has 2 aliphatic rings. The molecule has 0 saturated heterocycles. The van der Waals surface area contributed by atoms with Crippen molar-refractivity contribution < 1.29 is 22.7 Å². The van der Waals surface area contributed by atoms with Crippen LogP contribution < -0.4 is 10.5 Å². The smallest absolute Gasteiger partial charge is 0.422 e. The van der Waals surface area contributed by atoms with E-state index in [1.165, 1.54) is 13.1 Å². The van der Waals surface area contributed by atoms with Gasteiger partial charge in [-0.25, -0.2) is 4.68 Å². The fraction of sp³-hybridized carbons (Fsp3) is 0.150. The molecule has 0 radical (unpaired) electrons. The summed E-state index contributed by atoms with van der Waals surface area (Å²) >= 11 is 0. The highest BCUT2D eigenvalue weighted by Crippen LogP contribution is 2.57. The number of alkyl halides is 3. The molecule has 1 unspecified atom stereocenters. The minimum Gasteiger partial charge on any atom is -0.422 e. The van der Waals surface area contributed by atoms with Gasteiger partial charge < -0.3 is 10.5 Å². The summed E-state index contributed by atoms with van der Waals surface area (Å²) in [5, 5.41) is 14.6. The van der Waals surface area contributed by atoms with Gasteiger partial charge in [-0.1, -0.05) is 36.4 Å². The second-order valence-electron chi connectivity index (χ2n) is 6.89. The van der Waals surface area contributed by atoms with Crippen molar-refractivity contribution in [2.45, 2.75) is 11.6 Å². The second kappa shape index (κ2) is 5.17. The van der Waals surface area contributed by atoms with E-state index in [4.69, 9.17) is 10.5 Å². The Balaban J connectivity index is 2.03. The molecule has 1 aromatic heterocycles. The molecular weight excluding hydrogens is 385 g/mol. The van der Waals surface area contributed by atoms with E-state index in [0.717, 1.165) is 4.68 Å². The molecule has 0 amide bonds. The average Bonchev–Trinajstić information content (AvgIpc) is 3.13. The Kier molecular flexibility index (Phi) is 3.08. The summed E-state index contributed by atoms with van der Waals surface area (Å²) in [6, 6.07) is 11.7. The first kappa shape index (κ1) is 17.3. The molecule has 1 spiro atoms. The zero-order chi connectivity index (χ0) is 20.7. The molecule has 1 atom stereocenters. The number of carbonyl (C=O) groups is 1. The summed E-state index contributed by atoms with van der Waals surface area (Å²) in [7, 11) is 1.26. The maximum Gasteiger partial charge on any atom is 0.435 e. The molecule has 0 fully saturated rings. The highest BCUT2D eigenvalue weighted by Gasteiger charge is 2.61. The lowest BCUT2D eigenvalue weighted by molar-refractivity contribution is -0.142. The third-order valence-corrected chi connectivity index (χ3v) is 5.47. The van der Waals surface area contributed by atoms with E-state index in [9.17, 15) is 23.2 Å². The van der Waals surface area contributed by atoms with Crippen molar-refractivity contribution in [3.8, 4) is 11.9 Å². The molecule has 2 N–H and O–H groups in total. The van der Waals surface area contributed by atoms with Crippen molar-refractivity contribution in [3.05, 3.63) is 70.2 Å². The Morgan fingerprint density at radius 2 is 1.93 bits per heavy atom. The number of nitriles is 1. The molecule has 1 aliphatic carbocycles. The van der Waals surface area contributed by atoms with Gasteiger partial charge in [0.25, 0.3) is 0 Å². The maximum absolute atomic E-state index is 13.9. The Morgan fingerprint density at radius 1 is 1.24 bits per heavy atom. The third kappa shape index (κ3) is 1.85. The largest absolute Gasteiger partial charge is 0.435 e. The van der Waals surface area contributed by atoms with Gasteiger partial charge in [-0.15, -0.1) is 0 Å². The SMILES string of the molecule is Cn1nc(C(F)(F)F)c2c1OC(N)=C(C#N)C21C(=O)c2cccc3cccc1c23. The van der Waals surface area contributed by atoms with Gasteiger partial charge in [0.15, 0.2) is 11.5 Å². The summed E-state index contributed by atoms with van der Waals surface area (Å²) in [6.45, 7) is 0. The summed E-state index contributed by atoms with van der Waals surface area (Å²) in [4.78, 5) is 13.7. The number of ether oxygens (including phenoxy) is 1. The number of nitrogens with two attached hydrogens (primary N) is 1. The minimum atomic E-state index is -4.88. The summed E-state index contributed by atoms with van der Waals surface area (Å²) in [5.41, 5.74) is 2.18. The van der Waals surface area contributed by atoms with Gasteiger partial charge in [-0.05, 0) is 16.3 Å². The average molecular weight is 396 g/mol. The van der Waals surface area contributed by atoms with Crippen LogP contribution in [0.1, 0.15) is 27.2 Å². The quantitative estimate of drug-likeness (QED) is 0.630. The second-order valence-corrected chi connectivity index (χ2v) is 6.89. The Bertz CT molecular complexity index is 1320. The Hall–Kier alpha value is -3.80. The lowest BCUT2D eigenvalue weighted by Gasteiger charge is -2.33. The molecule has 5 rings (SSSR count). The van der Waals surface area contributed by atoms with Crippen molar-refractivity contribution >= 4 is 16.6 Å². The monoisotopic (exact) mass is 396 g/mol. The van der Waals surface area contributed by atoms with Gasteiger partial charge in [0.1, 0.15) is 17.1 Å². The van der Waals surface area contributed by atoms with E-state index in [2.05, 4.69) is 5.10 Å². The number of benzene rings is 2. The van der Waals surface area contributed by atoms with Gasteiger partial charge in [0.2, 0.25) is 11.8 Å². The molecule has 9 heteroatoms. The van der Waals surface area contributed by atoms with Crippen LogP contribution in [-0.2, 0) is 18.6 Å². The van der Waals surface area contributed by atoms with Crippen LogP contribution in [0.15, 0.2) is 47.9 Å². The van der Waals surface area contributed by atoms with Gasteiger partial charge in [-0.2, -0.15) is 23.5 Å². The Morgan fingerprint density at radius 3 is 2.59 bits per heavy atom. The third-order valence-electron chi connectivity index (χ3n) is 5.47. The van der Waals surface area contributed by atoms with Gasteiger partial charge in [0, 0.05) is 12.6 Å². The number of aryl methyl sites for hydroxylation is 1. The van der Waals surface area contributed by atoms with E-state index in [0.29, 0.717) is 10.8 Å². The standard InChI is InChI=1S/C20H11F3N4O2/c1-27-18-14(15(26-27)20(21,22)23)19(12(8-24)17(25)29-18)11-7-3-5-9-4-2-6-10(13(9)11)16(19)28/h2-7H,25H2,1H3. The molecule has 29 heavy (non-hydrogen) atoms. The zero-order valence-electron chi connectivity index (χ0n) is 14.8. The minimum absolute atomic E-state index is 0.225. The lowest BCUT2D eigenvalue weighted by Crippen LogP contribution is -2.42. The Labute approximate surface area is 161 Å². The predicted octanol–water partition coefficient (Wildman–Crippen LogP) is 3.16. The number of allylic oxidation sites excluding steroid dienone is 1. The van der Waals surface area contributed by atoms with Crippen LogP contribution in [0.4, 0.5) is 13.2 Å². The van der Waals surface area contributed by atoms with Crippen molar-refractivity contribution in [1.29, 1.82) is 5.26 Å². The molecule has 144 valence electrons. The predicted molar refractivity (Wildman–Crippen MR) is 94.7 cm³/mol. The van der Waals surface area contributed by atoms with E-state index < -0.39 is 34.5 Å². The van der Waals surface area contributed by atoms with Crippen molar-refractivity contribution in [3.63, 3.8) is 0 Å². The molecule has 3 aromatic rings. The van der Waals surface area contributed by atoms with Gasteiger partial charge in [-0.3, -0.25) is 4.79 Å². The van der Waals surface area contributed by atoms with Crippen molar-refractivity contribution in [2.24, 2.45) is 12.8 Å². The fourth-order valence-electron chi connectivity index (χ4n) is 4.43. The van der Waals surface area contributed by atoms with Gasteiger partial charge in [0.05, 0.1) is 5.56 Å².